The Morgan fingerprint density at radius 1 is 1.30 bits per heavy atom. The number of nitrogens with zero attached hydrogens (tertiary/aromatic N) is 1. The molecule has 0 N–H and O–H groups in total. The minimum absolute atomic E-state index is 0.706. The van der Waals surface area contributed by atoms with E-state index < -0.39 is 0 Å². The van der Waals surface area contributed by atoms with Crippen molar-refractivity contribution in [3.05, 3.63) is 42.3 Å². The third-order valence-corrected chi connectivity index (χ3v) is 1.37. The second-order valence-corrected chi connectivity index (χ2v) is 2.06. The Kier molecular flexibility index (Phi) is 1.96. The number of hydrogen-bond acceptors (Lipinski definition) is 1. The lowest BCUT2D eigenvalue weighted by Gasteiger charge is -1.89. The molecule has 1 nitrogen and oxygen atoms in total. The van der Waals surface area contributed by atoms with Crippen LogP contribution in [-0.4, -0.2) is 0 Å². The van der Waals surface area contributed by atoms with Crippen molar-refractivity contribution in [2.75, 3.05) is 0 Å². The summed E-state index contributed by atoms with van der Waals surface area (Å²) in [4.78, 5) is 0. The first-order chi connectivity index (χ1) is 4.86. The molecule has 0 saturated heterocycles. The molecule has 0 spiro atoms. The van der Waals surface area contributed by atoms with Gasteiger partial charge in [-0.1, -0.05) is 12.1 Å². The number of nitriles is 1. The van der Waals surface area contributed by atoms with Crippen LogP contribution in [0.1, 0.15) is 11.1 Å². The highest BCUT2D eigenvalue weighted by atomic mass is 14.2. The maximum atomic E-state index is 8.44. The molecule has 0 bridgehead atoms. The van der Waals surface area contributed by atoms with Crippen LogP contribution >= 0.6 is 0 Å². The molecule has 0 radical (unpaired) electrons. The molecular weight excluding hydrogens is 122 g/mol. The molecule has 10 heavy (non-hydrogen) atoms. The Morgan fingerprint density at radius 2 is 1.90 bits per heavy atom. The number of rotatable bonds is 1. The Morgan fingerprint density at radius 3 is 2.30 bits per heavy atom. The van der Waals surface area contributed by atoms with Gasteiger partial charge in [-0.25, -0.2) is 0 Å². The first-order valence-electron chi connectivity index (χ1n) is 3.15. The SMILES string of the molecule is [CH2+]Cc1ccc(C#N)cc1. The van der Waals surface area contributed by atoms with Crippen molar-refractivity contribution in [1.29, 1.82) is 5.26 Å². The van der Waals surface area contributed by atoms with Crippen molar-refractivity contribution >= 4 is 0 Å². The van der Waals surface area contributed by atoms with E-state index in [4.69, 9.17) is 5.26 Å². The third kappa shape index (κ3) is 1.29. The number of hydrogen-bond donors (Lipinski definition) is 0. The van der Waals surface area contributed by atoms with Gasteiger partial charge in [-0.2, -0.15) is 5.26 Å². The maximum absolute atomic E-state index is 8.44. The average molecular weight is 130 g/mol. The monoisotopic (exact) mass is 130 g/mol. The van der Waals surface area contributed by atoms with Crippen molar-refractivity contribution in [3.63, 3.8) is 0 Å². The van der Waals surface area contributed by atoms with E-state index in [0.717, 1.165) is 6.42 Å². The average Bonchev–Trinajstić information content (AvgIpc) is 2.05. The lowest BCUT2D eigenvalue weighted by Crippen LogP contribution is -1.79. The molecule has 0 aromatic heterocycles. The van der Waals surface area contributed by atoms with E-state index in [1.54, 1.807) is 12.1 Å². The zero-order valence-electron chi connectivity index (χ0n) is 5.67. The molecule has 0 aliphatic carbocycles. The molecule has 0 unspecified atom stereocenters. The van der Waals surface area contributed by atoms with Crippen molar-refractivity contribution in [2.45, 2.75) is 6.42 Å². The van der Waals surface area contributed by atoms with Gasteiger partial charge in [0.1, 0.15) is 6.42 Å². The van der Waals surface area contributed by atoms with Crippen molar-refractivity contribution < 1.29 is 0 Å². The fourth-order valence-corrected chi connectivity index (χ4v) is 0.746. The van der Waals surface area contributed by atoms with Crippen LogP contribution in [0.2, 0.25) is 0 Å². The van der Waals surface area contributed by atoms with Crippen LogP contribution in [0.25, 0.3) is 0 Å². The number of benzene rings is 1. The van der Waals surface area contributed by atoms with E-state index in [-0.39, 0.29) is 0 Å². The summed E-state index contributed by atoms with van der Waals surface area (Å²) in [5.41, 5.74) is 1.87. The summed E-state index contributed by atoms with van der Waals surface area (Å²) in [6.07, 6.45) is 0.783. The fourth-order valence-electron chi connectivity index (χ4n) is 0.746. The van der Waals surface area contributed by atoms with E-state index in [1.165, 1.54) is 5.56 Å². The summed E-state index contributed by atoms with van der Waals surface area (Å²) < 4.78 is 0. The van der Waals surface area contributed by atoms with Gasteiger partial charge in [-0.3, -0.25) is 0 Å². The molecule has 0 aliphatic heterocycles. The highest BCUT2D eigenvalue weighted by molar-refractivity contribution is 5.31. The summed E-state index contributed by atoms with van der Waals surface area (Å²) in [6, 6.07) is 9.51. The fraction of sp³-hybridized carbons (Fsp3) is 0.111. The molecule has 1 heteroatoms. The largest absolute Gasteiger partial charge is 0.192 e. The normalized spacial score (nSPS) is 8.70. The summed E-state index contributed by atoms with van der Waals surface area (Å²) >= 11 is 0. The maximum Gasteiger partial charge on any atom is 0.110 e. The van der Waals surface area contributed by atoms with Crippen LogP contribution in [-0.2, 0) is 6.42 Å². The minimum atomic E-state index is 0.706. The first kappa shape index (κ1) is 6.70. The third-order valence-electron chi connectivity index (χ3n) is 1.37. The second kappa shape index (κ2) is 2.93. The van der Waals surface area contributed by atoms with Crippen LogP contribution in [0.15, 0.2) is 24.3 Å². The molecule has 0 atom stereocenters. The lowest BCUT2D eigenvalue weighted by atomic mass is 10.1. The highest BCUT2D eigenvalue weighted by Crippen LogP contribution is 2.02. The van der Waals surface area contributed by atoms with Gasteiger partial charge in [0, 0.05) is 0 Å². The van der Waals surface area contributed by atoms with Crippen molar-refractivity contribution in [2.24, 2.45) is 0 Å². The minimum Gasteiger partial charge on any atom is -0.192 e. The lowest BCUT2D eigenvalue weighted by molar-refractivity contribution is 1.27. The van der Waals surface area contributed by atoms with Crippen LogP contribution in [0.4, 0.5) is 0 Å². The zero-order valence-corrected chi connectivity index (χ0v) is 5.67. The van der Waals surface area contributed by atoms with E-state index in [2.05, 4.69) is 13.0 Å². The van der Waals surface area contributed by atoms with Gasteiger partial charge in [0.05, 0.1) is 18.6 Å². The Hall–Kier alpha value is -1.42. The predicted octanol–water partition coefficient (Wildman–Crippen LogP) is 1.93. The summed E-state index contributed by atoms with van der Waals surface area (Å²) in [5, 5.41) is 8.44. The van der Waals surface area contributed by atoms with Crippen LogP contribution in [0.5, 0.6) is 0 Å². The summed E-state index contributed by atoms with van der Waals surface area (Å²) in [6.45, 7) is 3.73. The Balaban J connectivity index is 2.93. The van der Waals surface area contributed by atoms with Gasteiger partial charge >= 0.3 is 0 Å². The van der Waals surface area contributed by atoms with E-state index in [9.17, 15) is 0 Å². The van der Waals surface area contributed by atoms with Gasteiger partial charge in [-0.05, 0) is 17.7 Å². The summed E-state index contributed by atoms with van der Waals surface area (Å²) in [5.74, 6) is 0. The van der Waals surface area contributed by atoms with E-state index >= 15 is 0 Å². The standard InChI is InChI=1S/C9H8N/c1-2-8-3-5-9(7-10)6-4-8/h3-6H,1-2H2/q+1. The van der Waals surface area contributed by atoms with Crippen molar-refractivity contribution in [3.8, 4) is 6.07 Å². The first-order valence-corrected chi connectivity index (χ1v) is 3.15. The molecule has 0 aliphatic rings. The van der Waals surface area contributed by atoms with Crippen LogP contribution in [0.3, 0.4) is 0 Å². The zero-order chi connectivity index (χ0) is 7.40. The molecule has 48 valence electrons. The second-order valence-electron chi connectivity index (χ2n) is 2.06. The van der Waals surface area contributed by atoms with Crippen LogP contribution in [0, 0.1) is 18.3 Å². The molecular formula is C9H8N+. The summed E-state index contributed by atoms with van der Waals surface area (Å²) in [7, 11) is 0. The predicted molar refractivity (Wildman–Crippen MR) is 40.2 cm³/mol. The van der Waals surface area contributed by atoms with Gasteiger partial charge in [0.15, 0.2) is 0 Å². The Bertz CT molecular complexity index is 240. The Labute approximate surface area is 60.9 Å². The molecule has 1 aromatic carbocycles. The molecule has 0 heterocycles. The smallest absolute Gasteiger partial charge is 0.110 e. The molecule has 0 saturated carbocycles. The molecule has 0 amide bonds. The van der Waals surface area contributed by atoms with E-state index in [0.29, 0.717) is 5.56 Å². The van der Waals surface area contributed by atoms with Gasteiger partial charge in [0.2, 0.25) is 0 Å². The molecule has 1 aromatic rings. The van der Waals surface area contributed by atoms with Crippen molar-refractivity contribution in [1.82, 2.24) is 0 Å². The van der Waals surface area contributed by atoms with Crippen LogP contribution < -0.4 is 0 Å². The quantitative estimate of drug-likeness (QED) is 0.533. The van der Waals surface area contributed by atoms with Gasteiger partial charge in [0.25, 0.3) is 0 Å². The molecule has 1 rings (SSSR count). The highest BCUT2D eigenvalue weighted by Gasteiger charge is 1.91. The molecule has 0 fully saturated rings. The van der Waals surface area contributed by atoms with E-state index in [1.807, 2.05) is 12.1 Å². The van der Waals surface area contributed by atoms with Gasteiger partial charge < -0.3 is 0 Å². The topological polar surface area (TPSA) is 23.8 Å². The van der Waals surface area contributed by atoms with Gasteiger partial charge in [-0.15, -0.1) is 0 Å².